The summed E-state index contributed by atoms with van der Waals surface area (Å²) in [5, 5.41) is 9.83. The number of methoxy groups -OCH3 is 1. The predicted molar refractivity (Wildman–Crippen MR) is 114 cm³/mol. The molecule has 0 heterocycles. The minimum Gasteiger partial charge on any atom is -0.481 e. The van der Waals surface area contributed by atoms with Crippen molar-refractivity contribution in [2.75, 3.05) is 7.11 Å². The summed E-state index contributed by atoms with van der Waals surface area (Å²) in [6, 6.07) is 0. The molecule has 4 bridgehead atoms. The molecule has 1 N–H and O–H groups in total. The number of hydrogen-bond donors (Lipinski definition) is 1. The first-order valence-electron chi connectivity index (χ1n) is 11.9. The van der Waals surface area contributed by atoms with E-state index in [0.717, 1.165) is 19.3 Å². The van der Waals surface area contributed by atoms with Gasteiger partial charge in [-0.1, -0.05) is 13.8 Å². The van der Waals surface area contributed by atoms with Crippen molar-refractivity contribution in [3.05, 3.63) is 0 Å². The van der Waals surface area contributed by atoms with Gasteiger partial charge in [-0.3, -0.25) is 14.4 Å². The first kappa shape index (κ1) is 22.6. The normalized spacial score (nSPS) is 44.6. The fourth-order valence-electron chi connectivity index (χ4n) is 8.60. The van der Waals surface area contributed by atoms with Crippen molar-refractivity contribution in [2.24, 2.45) is 64.6 Å². The van der Waals surface area contributed by atoms with Gasteiger partial charge in [-0.15, -0.1) is 0 Å². The standard InChI is InChI=1S/C25H38O6/c1-11-14-9-15(17(11)18(12(2)21(26)27)22(28)31-24(3,4)5)20-16-8-13(19(14)20)10-25(16,6)23(29)30-7/h11-20H,8-10H2,1-7H3,(H,26,27). The van der Waals surface area contributed by atoms with Crippen LogP contribution in [0.25, 0.3) is 0 Å². The number of aliphatic carboxylic acids is 1. The second-order valence-electron chi connectivity index (χ2n) is 12.1. The van der Waals surface area contributed by atoms with E-state index in [2.05, 4.69) is 13.8 Å². The number of carbonyl (C=O) groups is 3. The maximum absolute atomic E-state index is 13.3. The van der Waals surface area contributed by atoms with Crippen molar-refractivity contribution in [3.63, 3.8) is 0 Å². The molecule has 11 unspecified atom stereocenters. The molecule has 0 amide bonds. The summed E-state index contributed by atoms with van der Waals surface area (Å²) in [5.74, 6) is -0.108. The largest absolute Gasteiger partial charge is 0.481 e. The minimum absolute atomic E-state index is 0.0200. The van der Waals surface area contributed by atoms with E-state index in [4.69, 9.17) is 9.47 Å². The summed E-state index contributed by atoms with van der Waals surface area (Å²) >= 11 is 0. The van der Waals surface area contributed by atoms with Crippen LogP contribution in [0.4, 0.5) is 0 Å². The van der Waals surface area contributed by atoms with Crippen LogP contribution in [0.1, 0.15) is 60.8 Å². The summed E-state index contributed by atoms with van der Waals surface area (Å²) in [6.45, 7) is 11.4. The van der Waals surface area contributed by atoms with Gasteiger partial charge in [0.05, 0.1) is 24.4 Å². The topological polar surface area (TPSA) is 89.9 Å². The maximum atomic E-state index is 13.3. The molecule has 0 aromatic carbocycles. The number of fused-ring (bicyclic) bond motifs is 9. The second-order valence-corrected chi connectivity index (χ2v) is 12.1. The van der Waals surface area contributed by atoms with Gasteiger partial charge in [0, 0.05) is 0 Å². The van der Waals surface area contributed by atoms with E-state index in [1.54, 1.807) is 6.92 Å². The number of rotatable bonds is 5. The molecule has 31 heavy (non-hydrogen) atoms. The van der Waals surface area contributed by atoms with Crippen LogP contribution in [0.15, 0.2) is 0 Å². The molecule has 0 saturated heterocycles. The first-order valence-corrected chi connectivity index (χ1v) is 11.9. The Kier molecular flexibility index (Phi) is 5.26. The fourth-order valence-corrected chi connectivity index (χ4v) is 8.60. The van der Waals surface area contributed by atoms with E-state index in [1.807, 2.05) is 20.8 Å². The molecular weight excluding hydrogens is 396 g/mol. The Bertz CT molecular complexity index is 783. The van der Waals surface area contributed by atoms with Crippen molar-refractivity contribution in [3.8, 4) is 0 Å². The molecule has 6 heteroatoms. The molecule has 0 radical (unpaired) electrons. The monoisotopic (exact) mass is 434 g/mol. The first-order chi connectivity index (χ1) is 14.3. The summed E-state index contributed by atoms with van der Waals surface area (Å²) < 4.78 is 10.9. The Morgan fingerprint density at radius 2 is 1.74 bits per heavy atom. The van der Waals surface area contributed by atoms with E-state index in [0.29, 0.717) is 23.7 Å². The third kappa shape index (κ3) is 3.22. The van der Waals surface area contributed by atoms with E-state index in [-0.39, 0.29) is 35.6 Å². The van der Waals surface area contributed by atoms with Gasteiger partial charge >= 0.3 is 17.9 Å². The molecule has 174 valence electrons. The van der Waals surface area contributed by atoms with E-state index < -0.39 is 28.8 Å². The lowest BCUT2D eigenvalue weighted by Crippen LogP contribution is -2.50. The number of carboxylic acids is 1. The van der Waals surface area contributed by atoms with Gasteiger partial charge in [0.2, 0.25) is 0 Å². The van der Waals surface area contributed by atoms with Gasteiger partial charge in [-0.2, -0.15) is 0 Å². The third-order valence-corrected chi connectivity index (χ3v) is 9.50. The van der Waals surface area contributed by atoms with E-state index in [1.165, 1.54) is 7.11 Å². The van der Waals surface area contributed by atoms with Crippen LogP contribution < -0.4 is 0 Å². The Morgan fingerprint density at radius 1 is 1.10 bits per heavy atom. The number of carbonyl (C=O) groups excluding carboxylic acids is 2. The molecule has 0 aliphatic heterocycles. The molecule has 0 aromatic heterocycles. The van der Waals surface area contributed by atoms with Crippen molar-refractivity contribution in [2.45, 2.75) is 66.4 Å². The average Bonchev–Trinajstić information content (AvgIpc) is 3.38. The Labute approximate surface area is 185 Å². The Morgan fingerprint density at radius 3 is 2.29 bits per heavy atom. The molecule has 4 rings (SSSR count). The predicted octanol–water partition coefficient (Wildman–Crippen LogP) is 4.02. The van der Waals surface area contributed by atoms with Crippen LogP contribution in [0.2, 0.25) is 0 Å². The number of esters is 2. The Hall–Kier alpha value is -1.59. The average molecular weight is 435 g/mol. The molecule has 4 aliphatic carbocycles. The molecule has 0 aromatic rings. The summed E-state index contributed by atoms with van der Waals surface area (Å²) in [6.07, 6.45) is 2.99. The van der Waals surface area contributed by atoms with Crippen molar-refractivity contribution in [1.82, 2.24) is 0 Å². The molecule has 4 saturated carbocycles. The van der Waals surface area contributed by atoms with Crippen LogP contribution in [0.5, 0.6) is 0 Å². The number of ether oxygens (including phenoxy) is 2. The van der Waals surface area contributed by atoms with Gasteiger partial charge in [0.25, 0.3) is 0 Å². The smallest absolute Gasteiger partial charge is 0.311 e. The zero-order valence-electron chi connectivity index (χ0n) is 19.9. The summed E-state index contributed by atoms with van der Waals surface area (Å²) in [7, 11) is 1.47. The minimum atomic E-state index is -0.949. The quantitative estimate of drug-likeness (QED) is 0.519. The van der Waals surface area contributed by atoms with Crippen LogP contribution in [0, 0.1) is 64.6 Å². The highest BCUT2D eigenvalue weighted by molar-refractivity contribution is 5.81. The number of carboxylic acid groups (broad SMARTS) is 1. The van der Waals surface area contributed by atoms with Gasteiger partial charge in [-0.05, 0) is 94.3 Å². The van der Waals surface area contributed by atoms with Crippen LogP contribution in [-0.4, -0.2) is 35.7 Å². The zero-order valence-corrected chi connectivity index (χ0v) is 19.9. The SMILES string of the molecule is COC(=O)C1(C)CC2CC1C1C3CC(C(C)C3C(C(=O)OC(C)(C)C)C(C)C(=O)O)C21. The zero-order chi connectivity index (χ0) is 23.0. The highest BCUT2D eigenvalue weighted by atomic mass is 16.6. The van der Waals surface area contributed by atoms with E-state index >= 15 is 0 Å². The molecule has 4 fully saturated rings. The number of hydrogen-bond acceptors (Lipinski definition) is 5. The third-order valence-electron chi connectivity index (χ3n) is 9.50. The lowest BCUT2D eigenvalue weighted by Gasteiger charge is -2.49. The lowest BCUT2D eigenvalue weighted by molar-refractivity contribution is -0.174. The molecular formula is C25H38O6. The van der Waals surface area contributed by atoms with Crippen LogP contribution in [-0.2, 0) is 23.9 Å². The van der Waals surface area contributed by atoms with Crippen molar-refractivity contribution >= 4 is 17.9 Å². The van der Waals surface area contributed by atoms with Gasteiger partial charge in [0.15, 0.2) is 0 Å². The molecule has 4 aliphatic rings. The lowest BCUT2D eigenvalue weighted by atomic mass is 9.55. The highest BCUT2D eigenvalue weighted by Gasteiger charge is 2.72. The Balaban J connectivity index is 1.67. The molecule has 0 spiro atoms. The van der Waals surface area contributed by atoms with Crippen LogP contribution >= 0.6 is 0 Å². The van der Waals surface area contributed by atoms with Crippen LogP contribution in [0.3, 0.4) is 0 Å². The van der Waals surface area contributed by atoms with E-state index in [9.17, 15) is 19.5 Å². The van der Waals surface area contributed by atoms with Gasteiger partial charge in [-0.25, -0.2) is 0 Å². The van der Waals surface area contributed by atoms with Gasteiger partial charge in [0.1, 0.15) is 5.60 Å². The molecule has 6 nitrogen and oxygen atoms in total. The fraction of sp³-hybridized carbons (Fsp3) is 0.880. The summed E-state index contributed by atoms with van der Waals surface area (Å²) in [4.78, 5) is 38.0. The maximum Gasteiger partial charge on any atom is 0.311 e. The second kappa shape index (κ2) is 7.21. The highest BCUT2D eigenvalue weighted by Crippen LogP contribution is 2.75. The van der Waals surface area contributed by atoms with Crippen molar-refractivity contribution < 1.29 is 29.0 Å². The van der Waals surface area contributed by atoms with Gasteiger partial charge < -0.3 is 14.6 Å². The summed E-state index contributed by atoms with van der Waals surface area (Å²) in [5.41, 5.74) is -1.12. The van der Waals surface area contributed by atoms with Crippen molar-refractivity contribution in [1.29, 1.82) is 0 Å². The molecule has 11 atom stereocenters.